The molecule has 1 aliphatic rings. The van der Waals surface area contributed by atoms with Gasteiger partial charge in [0, 0.05) is 23.9 Å². The van der Waals surface area contributed by atoms with E-state index in [-0.39, 0.29) is 11.8 Å². The van der Waals surface area contributed by atoms with E-state index in [1.807, 2.05) is 6.92 Å². The van der Waals surface area contributed by atoms with E-state index in [0.717, 1.165) is 12.8 Å². The first-order valence-corrected chi connectivity index (χ1v) is 9.29. The molecule has 25 heavy (non-hydrogen) atoms. The Balaban J connectivity index is 1.97. The average molecular weight is 366 g/mol. The number of aliphatic carboxylic acids is 1. The van der Waals surface area contributed by atoms with Gasteiger partial charge in [0.05, 0.1) is 5.88 Å². The fourth-order valence-corrected chi connectivity index (χ4v) is 3.59. The molecule has 1 aliphatic heterocycles. The van der Waals surface area contributed by atoms with E-state index in [9.17, 15) is 14.4 Å². The van der Waals surface area contributed by atoms with Crippen molar-refractivity contribution in [2.75, 3.05) is 23.6 Å². The van der Waals surface area contributed by atoms with Crippen LogP contribution in [0.25, 0.3) is 0 Å². The molecular weight excluding hydrogens is 344 g/mol. The molecule has 0 aromatic heterocycles. The number of hydrogen-bond acceptors (Lipinski definition) is 5. The maximum atomic E-state index is 12.5. The van der Waals surface area contributed by atoms with Gasteiger partial charge in [-0.15, -0.1) is 11.8 Å². The van der Waals surface area contributed by atoms with Gasteiger partial charge in [-0.3, -0.25) is 9.59 Å². The third-order valence-electron chi connectivity index (χ3n) is 3.71. The topological polar surface area (TPSA) is 95.9 Å². The van der Waals surface area contributed by atoms with Crippen LogP contribution in [0.3, 0.4) is 0 Å². The Morgan fingerprint density at radius 3 is 2.92 bits per heavy atom. The Morgan fingerprint density at radius 2 is 2.20 bits per heavy atom. The molecule has 0 aliphatic carbocycles. The number of hydrogen-bond donors (Lipinski definition) is 2. The quantitative estimate of drug-likeness (QED) is 0.732. The second kappa shape index (κ2) is 9.31. The van der Waals surface area contributed by atoms with Gasteiger partial charge in [0.2, 0.25) is 11.8 Å². The summed E-state index contributed by atoms with van der Waals surface area (Å²) in [7, 11) is 0. The first-order valence-electron chi connectivity index (χ1n) is 8.14. The molecule has 1 aromatic carbocycles. The Bertz CT molecular complexity index is 637. The third kappa shape index (κ3) is 5.67. The van der Waals surface area contributed by atoms with E-state index in [2.05, 4.69) is 5.32 Å². The summed E-state index contributed by atoms with van der Waals surface area (Å²) in [6.07, 6.45) is 2.21. The van der Waals surface area contributed by atoms with Crippen LogP contribution in [-0.4, -0.2) is 52.1 Å². The van der Waals surface area contributed by atoms with E-state index >= 15 is 0 Å². The van der Waals surface area contributed by atoms with E-state index in [4.69, 9.17) is 9.84 Å². The zero-order valence-electron chi connectivity index (χ0n) is 14.1. The zero-order valence-corrected chi connectivity index (χ0v) is 14.9. The second-order valence-electron chi connectivity index (χ2n) is 5.68. The molecule has 8 heteroatoms. The Kier molecular flexibility index (Phi) is 7.12. The van der Waals surface area contributed by atoms with Gasteiger partial charge in [-0.2, -0.15) is 0 Å². The van der Waals surface area contributed by atoms with Crippen LogP contribution in [0.5, 0.6) is 5.75 Å². The molecule has 1 atom stereocenters. The number of carbonyl (C=O) groups is 3. The van der Waals surface area contributed by atoms with E-state index in [1.165, 1.54) is 0 Å². The highest BCUT2D eigenvalue weighted by atomic mass is 32.2. The summed E-state index contributed by atoms with van der Waals surface area (Å²) in [4.78, 5) is 36.9. The highest BCUT2D eigenvalue weighted by Gasteiger charge is 2.34. The molecule has 0 spiro atoms. The molecule has 2 rings (SSSR count). The Morgan fingerprint density at radius 1 is 1.40 bits per heavy atom. The second-order valence-corrected chi connectivity index (χ2v) is 6.68. The molecular formula is C17H22N2O5S. The van der Waals surface area contributed by atoms with Gasteiger partial charge in [-0.05, 0) is 18.6 Å². The van der Waals surface area contributed by atoms with Crippen molar-refractivity contribution in [3.63, 3.8) is 0 Å². The van der Waals surface area contributed by atoms with Crippen LogP contribution >= 0.6 is 11.8 Å². The number of anilines is 1. The molecule has 2 N–H and O–H groups in total. The summed E-state index contributed by atoms with van der Waals surface area (Å²) < 4.78 is 5.10. The van der Waals surface area contributed by atoms with Crippen LogP contribution in [0.2, 0.25) is 0 Å². The van der Waals surface area contributed by atoms with E-state index in [0.29, 0.717) is 29.5 Å². The number of benzene rings is 1. The zero-order chi connectivity index (χ0) is 18.2. The number of ether oxygens (including phenoxy) is 1. The number of nitrogens with zero attached hydrogens (tertiary/aromatic N) is 1. The lowest BCUT2D eigenvalue weighted by molar-refractivity contribution is -0.139. The lowest BCUT2D eigenvalue weighted by Crippen LogP contribution is -2.44. The average Bonchev–Trinajstić information content (AvgIpc) is 3.08. The Hall–Kier alpha value is -2.22. The summed E-state index contributed by atoms with van der Waals surface area (Å²) in [5.74, 6) is 0.146. The number of thioether (sulfide) groups is 1. The fraction of sp³-hybridized carbons (Fsp3) is 0.471. The molecule has 1 aromatic rings. The Labute approximate surface area is 150 Å². The number of rotatable bonds is 8. The first-order chi connectivity index (χ1) is 12.0. The molecule has 2 amide bonds. The largest absolute Gasteiger partial charge is 0.482 e. The molecule has 136 valence electrons. The van der Waals surface area contributed by atoms with Crippen molar-refractivity contribution in [3.8, 4) is 5.75 Å². The van der Waals surface area contributed by atoms with Gasteiger partial charge in [0.1, 0.15) is 11.8 Å². The third-order valence-corrected chi connectivity index (χ3v) is 4.73. The molecule has 1 unspecified atom stereocenters. The molecule has 0 saturated carbocycles. The number of carbonyl (C=O) groups excluding carboxylic acids is 2. The maximum absolute atomic E-state index is 12.5. The smallest absolute Gasteiger partial charge is 0.341 e. The SMILES string of the molecule is CCCCC(=O)N1CSCC1C(=O)Nc1cccc(OCC(=O)O)c1. The van der Waals surface area contributed by atoms with Crippen LogP contribution < -0.4 is 10.1 Å². The minimum absolute atomic E-state index is 0.00513. The van der Waals surface area contributed by atoms with Gasteiger partial charge in [0.15, 0.2) is 6.61 Å². The number of carboxylic acid groups (broad SMARTS) is 1. The van der Waals surface area contributed by atoms with Crippen molar-refractivity contribution in [1.82, 2.24) is 4.90 Å². The number of amides is 2. The highest BCUT2D eigenvalue weighted by molar-refractivity contribution is 7.99. The molecule has 0 bridgehead atoms. The van der Waals surface area contributed by atoms with Gasteiger partial charge in [0.25, 0.3) is 0 Å². The van der Waals surface area contributed by atoms with E-state index < -0.39 is 18.6 Å². The minimum Gasteiger partial charge on any atom is -0.482 e. The molecule has 0 radical (unpaired) electrons. The molecule has 1 saturated heterocycles. The van der Waals surface area contributed by atoms with Crippen molar-refractivity contribution in [2.45, 2.75) is 32.2 Å². The van der Waals surface area contributed by atoms with Gasteiger partial charge >= 0.3 is 5.97 Å². The van der Waals surface area contributed by atoms with Crippen molar-refractivity contribution >= 4 is 35.2 Å². The first kappa shape index (κ1) is 19.1. The number of carboxylic acids is 1. The lowest BCUT2D eigenvalue weighted by atomic mass is 10.2. The molecule has 1 heterocycles. The van der Waals surface area contributed by atoms with Crippen LogP contribution in [-0.2, 0) is 14.4 Å². The maximum Gasteiger partial charge on any atom is 0.341 e. The standard InChI is InChI=1S/C17H22N2O5S/c1-2-3-7-15(20)19-11-25-10-14(19)17(23)18-12-5-4-6-13(8-12)24-9-16(21)22/h4-6,8,14H,2-3,7,9-11H2,1H3,(H,18,23)(H,21,22). The van der Waals surface area contributed by atoms with Crippen molar-refractivity contribution in [3.05, 3.63) is 24.3 Å². The van der Waals surface area contributed by atoms with Crippen LogP contribution in [0.4, 0.5) is 5.69 Å². The molecule has 1 fully saturated rings. The number of unbranched alkanes of at least 4 members (excludes halogenated alkanes) is 1. The van der Waals surface area contributed by atoms with Gasteiger partial charge in [-0.25, -0.2) is 4.79 Å². The summed E-state index contributed by atoms with van der Waals surface area (Å²) in [5, 5.41) is 11.4. The highest BCUT2D eigenvalue weighted by Crippen LogP contribution is 2.24. The van der Waals surface area contributed by atoms with Crippen molar-refractivity contribution < 1.29 is 24.2 Å². The van der Waals surface area contributed by atoms with Crippen molar-refractivity contribution in [2.24, 2.45) is 0 Å². The predicted octanol–water partition coefficient (Wildman–Crippen LogP) is 2.18. The monoisotopic (exact) mass is 366 g/mol. The predicted molar refractivity (Wildman–Crippen MR) is 95.7 cm³/mol. The van der Waals surface area contributed by atoms with Crippen molar-refractivity contribution in [1.29, 1.82) is 0 Å². The van der Waals surface area contributed by atoms with E-state index in [1.54, 1.807) is 40.9 Å². The van der Waals surface area contributed by atoms with Crippen LogP contribution in [0.1, 0.15) is 26.2 Å². The fourth-order valence-electron chi connectivity index (χ4n) is 2.41. The molecule has 7 nitrogen and oxygen atoms in total. The minimum atomic E-state index is -1.07. The van der Waals surface area contributed by atoms with Crippen LogP contribution in [0, 0.1) is 0 Å². The summed E-state index contributed by atoms with van der Waals surface area (Å²) in [5.41, 5.74) is 0.505. The number of nitrogens with one attached hydrogen (secondary N) is 1. The summed E-state index contributed by atoms with van der Waals surface area (Å²) in [6, 6.07) is 6.05. The summed E-state index contributed by atoms with van der Waals surface area (Å²) in [6.45, 7) is 1.58. The lowest BCUT2D eigenvalue weighted by Gasteiger charge is -2.23. The summed E-state index contributed by atoms with van der Waals surface area (Å²) >= 11 is 1.56. The normalized spacial score (nSPS) is 16.5. The van der Waals surface area contributed by atoms with Gasteiger partial charge in [-0.1, -0.05) is 19.4 Å². The van der Waals surface area contributed by atoms with Crippen LogP contribution in [0.15, 0.2) is 24.3 Å². The van der Waals surface area contributed by atoms with Gasteiger partial charge < -0.3 is 20.1 Å².